The van der Waals surface area contributed by atoms with Crippen molar-refractivity contribution in [2.75, 3.05) is 39.1 Å². The monoisotopic (exact) mass is 272 g/mol. The highest BCUT2D eigenvalue weighted by Gasteiger charge is 2.10. The number of fused-ring (bicyclic) bond motifs is 1. The Morgan fingerprint density at radius 2 is 1.75 bits per heavy atom. The number of pyridine rings is 1. The molecule has 0 spiro atoms. The number of hydrogen-bond donors (Lipinski definition) is 1. The van der Waals surface area contributed by atoms with Crippen LogP contribution in [0, 0.1) is 0 Å². The van der Waals surface area contributed by atoms with E-state index in [0.717, 1.165) is 30.9 Å². The summed E-state index contributed by atoms with van der Waals surface area (Å²) in [5.74, 6) is 1.04. The number of nitrogens with two attached hydrogens (primary N) is 1. The van der Waals surface area contributed by atoms with E-state index in [4.69, 9.17) is 5.73 Å². The maximum Gasteiger partial charge on any atom is 0.136 e. The SMILES string of the molecule is CN(C)CCCN(C)c1ncc(CN)c2ccccc12. The summed E-state index contributed by atoms with van der Waals surface area (Å²) in [6, 6.07) is 8.36. The summed E-state index contributed by atoms with van der Waals surface area (Å²) in [6.07, 6.45) is 3.03. The third-order valence-electron chi connectivity index (χ3n) is 3.54. The Labute approximate surface area is 121 Å². The molecule has 0 atom stereocenters. The summed E-state index contributed by atoms with van der Waals surface area (Å²) in [4.78, 5) is 9.04. The minimum Gasteiger partial charge on any atom is -0.359 e. The van der Waals surface area contributed by atoms with Crippen molar-refractivity contribution in [2.24, 2.45) is 5.73 Å². The maximum atomic E-state index is 5.80. The van der Waals surface area contributed by atoms with Crippen LogP contribution in [0.25, 0.3) is 10.8 Å². The number of hydrogen-bond acceptors (Lipinski definition) is 4. The van der Waals surface area contributed by atoms with E-state index < -0.39 is 0 Å². The molecule has 0 aliphatic rings. The molecule has 4 nitrogen and oxygen atoms in total. The summed E-state index contributed by atoms with van der Waals surface area (Å²) in [5.41, 5.74) is 6.90. The molecule has 20 heavy (non-hydrogen) atoms. The van der Waals surface area contributed by atoms with Crippen LogP contribution in [-0.2, 0) is 6.54 Å². The molecule has 0 amide bonds. The molecule has 2 N–H and O–H groups in total. The smallest absolute Gasteiger partial charge is 0.136 e. The minimum atomic E-state index is 0.526. The summed E-state index contributed by atoms with van der Waals surface area (Å²) in [6.45, 7) is 2.61. The lowest BCUT2D eigenvalue weighted by Crippen LogP contribution is -2.24. The molecule has 0 aliphatic heterocycles. The molecule has 0 unspecified atom stereocenters. The second-order valence-electron chi connectivity index (χ2n) is 5.44. The first kappa shape index (κ1) is 14.8. The first-order valence-electron chi connectivity index (χ1n) is 7.06. The zero-order valence-electron chi connectivity index (χ0n) is 12.6. The molecule has 0 aliphatic carbocycles. The van der Waals surface area contributed by atoms with Crippen LogP contribution in [0.15, 0.2) is 30.5 Å². The highest BCUT2D eigenvalue weighted by molar-refractivity contribution is 5.94. The van der Waals surface area contributed by atoms with Crippen LogP contribution >= 0.6 is 0 Å². The average molecular weight is 272 g/mol. The summed E-state index contributed by atoms with van der Waals surface area (Å²) in [5, 5.41) is 2.39. The van der Waals surface area contributed by atoms with Gasteiger partial charge in [0.1, 0.15) is 5.82 Å². The Bertz CT molecular complexity index is 565. The van der Waals surface area contributed by atoms with E-state index in [1.807, 2.05) is 6.20 Å². The van der Waals surface area contributed by atoms with Gasteiger partial charge in [-0.2, -0.15) is 0 Å². The predicted octanol–water partition coefficient (Wildman–Crippen LogP) is 2.08. The van der Waals surface area contributed by atoms with Crippen LogP contribution in [0.3, 0.4) is 0 Å². The first-order valence-corrected chi connectivity index (χ1v) is 7.06. The highest BCUT2D eigenvalue weighted by atomic mass is 15.2. The van der Waals surface area contributed by atoms with Gasteiger partial charge in [-0.3, -0.25) is 0 Å². The number of aromatic nitrogens is 1. The van der Waals surface area contributed by atoms with Crippen molar-refractivity contribution < 1.29 is 0 Å². The van der Waals surface area contributed by atoms with E-state index in [2.05, 4.69) is 60.2 Å². The van der Waals surface area contributed by atoms with Gasteiger partial charge in [-0.05, 0) is 38.0 Å². The molecule has 108 valence electrons. The van der Waals surface area contributed by atoms with Crippen LogP contribution in [0.2, 0.25) is 0 Å². The van der Waals surface area contributed by atoms with Crippen LogP contribution in [0.1, 0.15) is 12.0 Å². The maximum absolute atomic E-state index is 5.80. The van der Waals surface area contributed by atoms with Gasteiger partial charge in [-0.1, -0.05) is 24.3 Å². The van der Waals surface area contributed by atoms with Crippen molar-refractivity contribution >= 4 is 16.6 Å². The Morgan fingerprint density at radius 3 is 2.40 bits per heavy atom. The van der Waals surface area contributed by atoms with Crippen LogP contribution in [0.5, 0.6) is 0 Å². The quantitative estimate of drug-likeness (QED) is 0.874. The summed E-state index contributed by atoms with van der Waals surface area (Å²) >= 11 is 0. The fourth-order valence-corrected chi connectivity index (χ4v) is 2.43. The lowest BCUT2D eigenvalue weighted by atomic mass is 10.1. The molecule has 1 heterocycles. The van der Waals surface area contributed by atoms with Crippen molar-refractivity contribution in [3.63, 3.8) is 0 Å². The molecule has 0 radical (unpaired) electrons. The van der Waals surface area contributed by atoms with E-state index in [0.29, 0.717) is 6.54 Å². The highest BCUT2D eigenvalue weighted by Crippen LogP contribution is 2.26. The van der Waals surface area contributed by atoms with Crippen LogP contribution < -0.4 is 10.6 Å². The third kappa shape index (κ3) is 3.26. The molecular weight excluding hydrogens is 248 g/mol. The lowest BCUT2D eigenvalue weighted by Gasteiger charge is -2.21. The number of nitrogens with zero attached hydrogens (tertiary/aromatic N) is 3. The third-order valence-corrected chi connectivity index (χ3v) is 3.54. The topological polar surface area (TPSA) is 45.4 Å². The standard InChI is InChI=1S/C16H24N4/c1-19(2)9-6-10-20(3)16-15-8-5-4-7-14(15)13(11-17)12-18-16/h4-5,7-8,12H,6,9-11,17H2,1-3H3. The van der Waals surface area contributed by atoms with Crippen molar-refractivity contribution in [1.82, 2.24) is 9.88 Å². The van der Waals surface area contributed by atoms with Gasteiger partial charge in [0.05, 0.1) is 0 Å². The van der Waals surface area contributed by atoms with Gasteiger partial charge in [-0.15, -0.1) is 0 Å². The number of rotatable bonds is 6. The van der Waals surface area contributed by atoms with Gasteiger partial charge in [0.15, 0.2) is 0 Å². The Morgan fingerprint density at radius 1 is 1.05 bits per heavy atom. The van der Waals surface area contributed by atoms with Gasteiger partial charge in [0.2, 0.25) is 0 Å². The molecule has 0 saturated carbocycles. The van der Waals surface area contributed by atoms with Crippen molar-refractivity contribution in [3.8, 4) is 0 Å². The molecule has 2 rings (SSSR count). The van der Waals surface area contributed by atoms with E-state index in [-0.39, 0.29) is 0 Å². The lowest BCUT2D eigenvalue weighted by molar-refractivity contribution is 0.401. The fourth-order valence-electron chi connectivity index (χ4n) is 2.43. The molecule has 1 aromatic heterocycles. The van der Waals surface area contributed by atoms with Crippen LogP contribution in [0.4, 0.5) is 5.82 Å². The summed E-state index contributed by atoms with van der Waals surface area (Å²) in [7, 11) is 6.31. The average Bonchev–Trinajstić information content (AvgIpc) is 2.45. The van der Waals surface area contributed by atoms with Gasteiger partial charge < -0.3 is 15.5 Å². The van der Waals surface area contributed by atoms with Gasteiger partial charge >= 0.3 is 0 Å². The first-order chi connectivity index (χ1) is 9.63. The molecule has 0 bridgehead atoms. The van der Waals surface area contributed by atoms with Crippen molar-refractivity contribution in [1.29, 1.82) is 0 Å². The van der Waals surface area contributed by atoms with E-state index in [9.17, 15) is 0 Å². The fraction of sp³-hybridized carbons (Fsp3) is 0.438. The summed E-state index contributed by atoms with van der Waals surface area (Å²) < 4.78 is 0. The van der Waals surface area contributed by atoms with Gasteiger partial charge in [-0.25, -0.2) is 4.98 Å². The predicted molar refractivity (Wildman–Crippen MR) is 86.1 cm³/mol. The zero-order chi connectivity index (χ0) is 14.5. The van der Waals surface area contributed by atoms with Gasteiger partial charge in [0.25, 0.3) is 0 Å². The van der Waals surface area contributed by atoms with E-state index in [1.54, 1.807) is 0 Å². The van der Waals surface area contributed by atoms with E-state index >= 15 is 0 Å². The van der Waals surface area contributed by atoms with Crippen LogP contribution in [-0.4, -0.2) is 44.1 Å². The normalized spacial score (nSPS) is 11.2. The van der Waals surface area contributed by atoms with Crippen molar-refractivity contribution in [3.05, 3.63) is 36.0 Å². The largest absolute Gasteiger partial charge is 0.359 e. The Hall–Kier alpha value is -1.65. The molecule has 2 aromatic rings. The molecule has 4 heteroatoms. The van der Waals surface area contributed by atoms with E-state index in [1.165, 1.54) is 10.8 Å². The zero-order valence-corrected chi connectivity index (χ0v) is 12.6. The van der Waals surface area contributed by atoms with Gasteiger partial charge in [0, 0.05) is 31.7 Å². The Kier molecular flexibility index (Phi) is 4.93. The molecular formula is C16H24N4. The minimum absolute atomic E-state index is 0.526. The number of benzene rings is 1. The molecule has 0 saturated heterocycles. The molecule has 0 fully saturated rings. The second kappa shape index (κ2) is 6.68. The Balaban J connectivity index is 2.26. The number of anilines is 1. The van der Waals surface area contributed by atoms with Crippen molar-refractivity contribution in [2.45, 2.75) is 13.0 Å². The second-order valence-corrected chi connectivity index (χ2v) is 5.44. The molecule has 1 aromatic carbocycles.